The number of carbonyl (C=O) groups excluding carboxylic acids is 2. The van der Waals surface area contributed by atoms with Gasteiger partial charge in [0.15, 0.2) is 0 Å². The lowest BCUT2D eigenvalue weighted by Crippen LogP contribution is -2.40. The zero-order valence-electron chi connectivity index (χ0n) is 12.1. The molecule has 0 saturated carbocycles. The van der Waals surface area contributed by atoms with Gasteiger partial charge in [-0.05, 0) is 5.92 Å². The van der Waals surface area contributed by atoms with Crippen molar-refractivity contribution in [3.05, 3.63) is 0 Å². The third kappa shape index (κ3) is 5.80. The molecule has 1 rings (SSSR count). The average Bonchev–Trinajstić information content (AvgIpc) is 2.44. The molecule has 2 N–H and O–H groups in total. The Morgan fingerprint density at radius 1 is 1.26 bits per heavy atom. The molecule has 5 nitrogen and oxygen atoms in total. The zero-order valence-corrected chi connectivity index (χ0v) is 12.1. The van der Waals surface area contributed by atoms with Crippen molar-refractivity contribution in [1.82, 2.24) is 4.90 Å². The fourth-order valence-electron chi connectivity index (χ4n) is 2.09. The Bertz CT molecular complexity index is 301. The first kappa shape index (κ1) is 16.3. The van der Waals surface area contributed by atoms with Crippen LogP contribution >= 0.6 is 0 Å². The lowest BCUT2D eigenvalue weighted by atomic mass is 9.94. The van der Waals surface area contributed by atoms with Crippen molar-refractivity contribution in [2.75, 3.05) is 32.8 Å². The van der Waals surface area contributed by atoms with E-state index in [1.54, 1.807) is 0 Å². The monoisotopic (exact) mass is 270 g/mol. The highest BCUT2D eigenvalue weighted by molar-refractivity contribution is 5.89. The highest BCUT2D eigenvalue weighted by Crippen LogP contribution is 2.09. The summed E-state index contributed by atoms with van der Waals surface area (Å²) >= 11 is 0. The normalized spacial score (nSPS) is 19.9. The highest BCUT2D eigenvalue weighted by atomic mass is 16.5. The minimum absolute atomic E-state index is 0.00433. The number of hydrogen-bond donors (Lipinski definition) is 1. The molecule has 1 aliphatic rings. The van der Waals surface area contributed by atoms with Gasteiger partial charge in [0.2, 0.25) is 0 Å². The van der Waals surface area contributed by atoms with E-state index in [0.717, 1.165) is 19.5 Å². The van der Waals surface area contributed by atoms with E-state index in [-0.39, 0.29) is 23.9 Å². The van der Waals surface area contributed by atoms with Gasteiger partial charge in [0.25, 0.3) is 0 Å². The average molecular weight is 270 g/mol. The summed E-state index contributed by atoms with van der Waals surface area (Å²) in [4.78, 5) is 25.7. The zero-order chi connectivity index (χ0) is 14.3. The van der Waals surface area contributed by atoms with Crippen molar-refractivity contribution in [2.24, 2.45) is 11.7 Å². The Kier molecular flexibility index (Phi) is 7.20. The molecular formula is C14H26N2O3. The van der Waals surface area contributed by atoms with Gasteiger partial charge < -0.3 is 10.5 Å². The number of ketones is 2. The third-order valence-corrected chi connectivity index (χ3v) is 3.78. The van der Waals surface area contributed by atoms with Gasteiger partial charge in [-0.1, -0.05) is 20.3 Å². The van der Waals surface area contributed by atoms with Gasteiger partial charge in [-0.15, -0.1) is 0 Å². The van der Waals surface area contributed by atoms with Gasteiger partial charge in [-0.3, -0.25) is 14.5 Å². The molecule has 19 heavy (non-hydrogen) atoms. The first-order chi connectivity index (χ1) is 9.04. The van der Waals surface area contributed by atoms with Crippen molar-refractivity contribution in [3.63, 3.8) is 0 Å². The molecule has 0 spiro atoms. The summed E-state index contributed by atoms with van der Waals surface area (Å²) in [6.07, 6.45) is 1.46. The van der Waals surface area contributed by atoms with E-state index in [2.05, 4.69) is 4.90 Å². The summed E-state index contributed by atoms with van der Waals surface area (Å²) in [6, 6.07) is -0.429. The van der Waals surface area contributed by atoms with E-state index in [9.17, 15) is 9.59 Å². The van der Waals surface area contributed by atoms with Crippen LogP contribution < -0.4 is 5.73 Å². The number of nitrogens with two attached hydrogens (primary N) is 1. The molecular weight excluding hydrogens is 244 g/mol. The topological polar surface area (TPSA) is 72.6 Å². The second-order valence-corrected chi connectivity index (χ2v) is 5.30. The molecule has 0 aromatic carbocycles. The molecule has 1 heterocycles. The molecule has 1 saturated heterocycles. The molecule has 0 radical (unpaired) electrons. The SMILES string of the molecule is CCC(C)C(N)C(=O)CCC(=O)CN1CCOCC1. The van der Waals surface area contributed by atoms with Gasteiger partial charge in [-0.2, -0.15) is 0 Å². The minimum atomic E-state index is -0.429. The first-order valence-corrected chi connectivity index (χ1v) is 7.14. The molecule has 110 valence electrons. The van der Waals surface area contributed by atoms with Gasteiger partial charge in [0.05, 0.1) is 25.8 Å². The number of rotatable bonds is 8. The predicted octanol–water partition coefficient (Wildman–Crippen LogP) is 0.610. The summed E-state index contributed by atoms with van der Waals surface area (Å²) in [7, 11) is 0. The van der Waals surface area contributed by atoms with E-state index in [1.165, 1.54) is 0 Å². The van der Waals surface area contributed by atoms with Crippen LogP contribution in [-0.4, -0.2) is 55.4 Å². The van der Waals surface area contributed by atoms with Crippen LogP contribution in [0.4, 0.5) is 0 Å². The third-order valence-electron chi connectivity index (χ3n) is 3.78. The molecule has 0 amide bonds. The number of carbonyl (C=O) groups is 2. The van der Waals surface area contributed by atoms with Crippen LogP contribution in [0.2, 0.25) is 0 Å². The van der Waals surface area contributed by atoms with Crippen LogP contribution in [-0.2, 0) is 14.3 Å². The largest absolute Gasteiger partial charge is 0.379 e. The van der Waals surface area contributed by atoms with Crippen LogP contribution in [0.3, 0.4) is 0 Å². The molecule has 2 unspecified atom stereocenters. The summed E-state index contributed by atoms with van der Waals surface area (Å²) in [6.45, 7) is 7.38. The Morgan fingerprint density at radius 3 is 2.47 bits per heavy atom. The van der Waals surface area contributed by atoms with Gasteiger partial charge in [0.1, 0.15) is 11.6 Å². The van der Waals surface area contributed by atoms with Gasteiger partial charge in [0, 0.05) is 25.9 Å². The van der Waals surface area contributed by atoms with E-state index in [1.807, 2.05) is 13.8 Å². The van der Waals surface area contributed by atoms with Crippen LogP contribution in [0.25, 0.3) is 0 Å². The van der Waals surface area contributed by atoms with Gasteiger partial charge in [-0.25, -0.2) is 0 Å². The molecule has 2 atom stereocenters. The Balaban J connectivity index is 2.23. The second-order valence-electron chi connectivity index (χ2n) is 5.30. The Labute approximate surface area is 115 Å². The fraction of sp³-hybridized carbons (Fsp3) is 0.857. The Morgan fingerprint density at radius 2 is 1.89 bits per heavy atom. The lowest BCUT2D eigenvalue weighted by molar-refractivity contribution is -0.126. The van der Waals surface area contributed by atoms with Gasteiger partial charge >= 0.3 is 0 Å². The highest BCUT2D eigenvalue weighted by Gasteiger charge is 2.20. The van der Waals surface area contributed by atoms with Crippen LogP contribution in [0.1, 0.15) is 33.1 Å². The number of nitrogens with zero attached hydrogens (tertiary/aromatic N) is 1. The van der Waals surface area contributed by atoms with Crippen LogP contribution in [0.15, 0.2) is 0 Å². The summed E-state index contributed by atoms with van der Waals surface area (Å²) in [5.74, 6) is 0.304. The molecule has 5 heteroatoms. The van der Waals surface area contributed by atoms with Crippen molar-refractivity contribution in [1.29, 1.82) is 0 Å². The second kappa shape index (κ2) is 8.40. The summed E-state index contributed by atoms with van der Waals surface area (Å²) in [5.41, 5.74) is 5.85. The maximum absolute atomic E-state index is 11.8. The molecule has 0 aliphatic carbocycles. The lowest BCUT2D eigenvalue weighted by Gasteiger charge is -2.25. The van der Waals surface area contributed by atoms with Crippen LogP contribution in [0, 0.1) is 5.92 Å². The van der Waals surface area contributed by atoms with E-state index >= 15 is 0 Å². The summed E-state index contributed by atoms with van der Waals surface area (Å²) < 4.78 is 5.23. The Hall–Kier alpha value is -0.780. The van der Waals surface area contributed by atoms with Crippen molar-refractivity contribution in [3.8, 4) is 0 Å². The van der Waals surface area contributed by atoms with Crippen molar-refractivity contribution in [2.45, 2.75) is 39.2 Å². The summed E-state index contributed by atoms with van der Waals surface area (Å²) in [5, 5.41) is 0. The van der Waals surface area contributed by atoms with Crippen LogP contribution in [0.5, 0.6) is 0 Å². The van der Waals surface area contributed by atoms with E-state index in [4.69, 9.17) is 10.5 Å². The molecule has 0 aromatic rings. The van der Waals surface area contributed by atoms with E-state index < -0.39 is 6.04 Å². The predicted molar refractivity (Wildman–Crippen MR) is 73.9 cm³/mol. The molecule has 1 fully saturated rings. The fourth-order valence-corrected chi connectivity index (χ4v) is 2.09. The van der Waals surface area contributed by atoms with Crippen molar-refractivity contribution >= 4 is 11.6 Å². The molecule has 0 bridgehead atoms. The first-order valence-electron chi connectivity index (χ1n) is 7.14. The number of ether oxygens (including phenoxy) is 1. The number of morpholine rings is 1. The standard InChI is InChI=1S/C14H26N2O3/c1-3-11(2)14(15)13(18)5-4-12(17)10-16-6-8-19-9-7-16/h11,14H,3-10,15H2,1-2H3. The number of hydrogen-bond acceptors (Lipinski definition) is 5. The van der Waals surface area contributed by atoms with Crippen molar-refractivity contribution < 1.29 is 14.3 Å². The van der Waals surface area contributed by atoms with E-state index in [0.29, 0.717) is 26.2 Å². The maximum Gasteiger partial charge on any atom is 0.150 e. The quantitative estimate of drug-likeness (QED) is 0.699. The minimum Gasteiger partial charge on any atom is -0.379 e. The smallest absolute Gasteiger partial charge is 0.150 e. The number of Topliss-reactive ketones (excluding diaryl/α,β-unsaturated/α-hetero) is 2. The molecule has 1 aliphatic heterocycles. The molecule has 0 aromatic heterocycles. The maximum atomic E-state index is 11.8.